The monoisotopic (exact) mass is 514 g/mol. The quantitative estimate of drug-likeness (QED) is 0.331. The fraction of sp³-hybridized carbons (Fsp3) is 0.269. The molecular formula is C26H25F3N4O2S. The largest absolute Gasteiger partial charge is 0.435 e. The van der Waals surface area contributed by atoms with Crippen LogP contribution in [0.1, 0.15) is 23.7 Å². The van der Waals surface area contributed by atoms with Crippen LogP contribution in [0.15, 0.2) is 60.8 Å². The molecule has 2 aromatic carbocycles. The minimum absolute atomic E-state index is 0.0125. The topological polar surface area (TPSA) is 69.0 Å². The van der Waals surface area contributed by atoms with Gasteiger partial charge >= 0.3 is 6.61 Å². The van der Waals surface area contributed by atoms with Gasteiger partial charge in [0.25, 0.3) is 0 Å². The van der Waals surface area contributed by atoms with Gasteiger partial charge in [-0.2, -0.15) is 25.6 Å². The minimum Gasteiger partial charge on any atom is -0.435 e. The molecule has 0 spiro atoms. The average Bonchev–Trinajstić information content (AvgIpc) is 3.49. The zero-order valence-electron chi connectivity index (χ0n) is 19.7. The van der Waals surface area contributed by atoms with E-state index >= 15 is 0 Å². The number of benzene rings is 2. The van der Waals surface area contributed by atoms with Crippen molar-refractivity contribution in [1.29, 1.82) is 0 Å². The maximum atomic E-state index is 13.3. The molecule has 0 aliphatic carbocycles. The van der Waals surface area contributed by atoms with Crippen LogP contribution >= 0.6 is 11.8 Å². The van der Waals surface area contributed by atoms with Crippen LogP contribution in [0, 0.1) is 5.82 Å². The molecule has 1 saturated heterocycles. The summed E-state index contributed by atoms with van der Waals surface area (Å²) in [5.74, 6) is 2.20. The number of pyridine rings is 1. The Morgan fingerprint density at radius 3 is 2.58 bits per heavy atom. The highest BCUT2D eigenvalue weighted by Gasteiger charge is 2.26. The van der Waals surface area contributed by atoms with E-state index in [1.165, 1.54) is 65.2 Å². The first-order valence-corrected chi connectivity index (χ1v) is 12.4. The second-order valence-corrected chi connectivity index (χ2v) is 9.62. The highest BCUT2D eigenvalue weighted by atomic mass is 32.2. The number of carbonyl (C=O) groups is 1. The number of nitrogens with zero attached hydrogens (tertiary/aromatic N) is 3. The lowest BCUT2D eigenvalue weighted by molar-refractivity contribution is -0.0498. The average molecular weight is 515 g/mol. The third-order valence-corrected chi connectivity index (χ3v) is 7.24. The maximum Gasteiger partial charge on any atom is 0.387 e. The number of thioether (sulfide) groups is 1. The van der Waals surface area contributed by atoms with Crippen molar-refractivity contribution in [3.05, 3.63) is 72.2 Å². The predicted octanol–water partition coefficient (Wildman–Crippen LogP) is 5.74. The van der Waals surface area contributed by atoms with Crippen LogP contribution in [0.25, 0.3) is 28.0 Å². The SMILES string of the molecule is CNC1(C)CCSC1.O=Cc1cnc2c(-c3cccc(OC(F)F)c3)nn(-c3ccc(F)cc3)c2c1. The first kappa shape index (κ1) is 25.7. The third-order valence-electron chi connectivity index (χ3n) is 5.90. The molecule has 1 aliphatic rings. The van der Waals surface area contributed by atoms with Crippen molar-refractivity contribution >= 4 is 29.1 Å². The smallest absolute Gasteiger partial charge is 0.387 e. The molecule has 10 heteroatoms. The molecule has 0 radical (unpaired) electrons. The summed E-state index contributed by atoms with van der Waals surface area (Å²) in [4.78, 5) is 15.5. The van der Waals surface area contributed by atoms with E-state index in [0.29, 0.717) is 45.4 Å². The molecule has 1 unspecified atom stereocenters. The molecule has 0 bridgehead atoms. The summed E-state index contributed by atoms with van der Waals surface area (Å²) < 4.78 is 44.3. The van der Waals surface area contributed by atoms with Gasteiger partial charge in [0.05, 0.1) is 11.2 Å². The molecule has 3 heterocycles. The normalized spacial score (nSPS) is 17.2. The number of halogens is 3. The summed E-state index contributed by atoms with van der Waals surface area (Å²) in [6, 6.07) is 13.3. The van der Waals surface area contributed by atoms with Crippen LogP contribution in [-0.2, 0) is 0 Å². The number of nitrogens with one attached hydrogen (secondary N) is 1. The van der Waals surface area contributed by atoms with Gasteiger partial charge in [0.1, 0.15) is 22.8 Å². The van der Waals surface area contributed by atoms with Crippen LogP contribution in [0.2, 0.25) is 0 Å². The number of fused-ring (bicyclic) bond motifs is 1. The van der Waals surface area contributed by atoms with Crippen LogP contribution in [0.3, 0.4) is 0 Å². The van der Waals surface area contributed by atoms with Crippen LogP contribution < -0.4 is 10.1 Å². The lowest BCUT2D eigenvalue weighted by Crippen LogP contribution is -2.39. The molecule has 1 fully saturated rings. The van der Waals surface area contributed by atoms with Crippen LogP contribution in [0.4, 0.5) is 13.2 Å². The molecule has 0 saturated carbocycles. The first-order valence-electron chi connectivity index (χ1n) is 11.2. The van der Waals surface area contributed by atoms with Gasteiger partial charge in [0.15, 0.2) is 6.29 Å². The van der Waals surface area contributed by atoms with E-state index in [2.05, 4.69) is 27.1 Å². The van der Waals surface area contributed by atoms with E-state index in [4.69, 9.17) is 0 Å². The second-order valence-electron chi connectivity index (χ2n) is 8.51. The summed E-state index contributed by atoms with van der Waals surface area (Å²) in [6.07, 6.45) is 3.38. The van der Waals surface area contributed by atoms with Gasteiger partial charge in [-0.3, -0.25) is 9.78 Å². The second kappa shape index (κ2) is 11.1. The fourth-order valence-corrected chi connectivity index (χ4v) is 5.21. The maximum absolute atomic E-state index is 13.3. The minimum atomic E-state index is -2.95. The van der Waals surface area contributed by atoms with E-state index in [0.717, 1.165) is 0 Å². The number of aromatic nitrogens is 3. The van der Waals surface area contributed by atoms with Gasteiger partial charge in [-0.25, -0.2) is 9.07 Å². The number of rotatable bonds is 6. The predicted molar refractivity (Wildman–Crippen MR) is 136 cm³/mol. The highest BCUT2D eigenvalue weighted by Crippen LogP contribution is 2.31. The van der Waals surface area contributed by atoms with E-state index < -0.39 is 12.4 Å². The van der Waals surface area contributed by atoms with Crippen LogP contribution in [0.5, 0.6) is 5.75 Å². The van der Waals surface area contributed by atoms with Crippen molar-refractivity contribution in [1.82, 2.24) is 20.1 Å². The molecule has 36 heavy (non-hydrogen) atoms. The Bertz CT molecular complexity index is 1340. The van der Waals surface area contributed by atoms with Crippen molar-refractivity contribution in [3.8, 4) is 22.7 Å². The van der Waals surface area contributed by atoms with Gasteiger partial charge in [0.2, 0.25) is 0 Å². The molecular weight excluding hydrogens is 489 g/mol. The number of aldehydes is 1. The zero-order chi connectivity index (χ0) is 25.7. The van der Waals surface area contributed by atoms with Gasteiger partial charge < -0.3 is 10.1 Å². The summed E-state index contributed by atoms with van der Waals surface area (Å²) >= 11 is 2.04. The third kappa shape index (κ3) is 5.88. The van der Waals surface area contributed by atoms with Crippen molar-refractivity contribution in [3.63, 3.8) is 0 Å². The summed E-state index contributed by atoms with van der Waals surface area (Å²) in [7, 11) is 2.05. The van der Waals surface area contributed by atoms with E-state index in [1.807, 2.05) is 18.8 Å². The Labute approximate surface area is 210 Å². The zero-order valence-corrected chi connectivity index (χ0v) is 20.6. The lowest BCUT2D eigenvalue weighted by Gasteiger charge is -2.20. The van der Waals surface area contributed by atoms with Gasteiger partial charge in [-0.05, 0) is 68.6 Å². The molecule has 4 aromatic rings. The standard InChI is InChI=1S/C20H12F3N3O2.C6H13NS/c21-14-4-6-15(7-5-14)26-17-8-12(11-27)10-24-19(17)18(25-26)13-2-1-3-16(9-13)28-20(22)23;1-6(7-2)3-4-8-5-6/h1-11,20H;7H,3-5H2,1-2H3. The summed E-state index contributed by atoms with van der Waals surface area (Å²) in [5, 5.41) is 7.85. The molecule has 1 atom stereocenters. The van der Waals surface area contributed by atoms with E-state index in [1.54, 1.807) is 18.2 Å². The van der Waals surface area contributed by atoms with E-state index in [9.17, 15) is 18.0 Å². The molecule has 5 rings (SSSR count). The number of hydrogen-bond donors (Lipinski definition) is 1. The molecule has 6 nitrogen and oxygen atoms in total. The number of carbonyl (C=O) groups excluding carboxylic acids is 1. The highest BCUT2D eigenvalue weighted by molar-refractivity contribution is 7.99. The van der Waals surface area contributed by atoms with Gasteiger partial charge in [-0.15, -0.1) is 0 Å². The fourth-order valence-electron chi connectivity index (χ4n) is 3.74. The Morgan fingerprint density at radius 1 is 1.19 bits per heavy atom. The molecule has 2 aromatic heterocycles. The summed E-state index contributed by atoms with van der Waals surface area (Å²) in [5.41, 5.74) is 3.26. The van der Waals surface area contributed by atoms with Gasteiger partial charge in [0, 0.05) is 28.6 Å². The Kier molecular flexibility index (Phi) is 7.95. The Morgan fingerprint density at radius 2 is 1.97 bits per heavy atom. The van der Waals surface area contributed by atoms with Crippen LogP contribution in [-0.4, -0.2) is 51.8 Å². The number of ether oxygens (including phenoxy) is 1. The molecule has 0 amide bonds. The van der Waals surface area contributed by atoms with Crippen molar-refractivity contribution in [2.24, 2.45) is 0 Å². The Balaban J connectivity index is 0.000000325. The van der Waals surface area contributed by atoms with Crippen molar-refractivity contribution in [2.75, 3.05) is 18.6 Å². The number of hydrogen-bond acceptors (Lipinski definition) is 6. The number of alkyl halides is 2. The van der Waals surface area contributed by atoms with Crippen molar-refractivity contribution in [2.45, 2.75) is 25.5 Å². The molecule has 1 N–H and O–H groups in total. The molecule has 1 aliphatic heterocycles. The van der Waals surface area contributed by atoms with E-state index in [-0.39, 0.29) is 5.75 Å². The van der Waals surface area contributed by atoms with Gasteiger partial charge in [-0.1, -0.05) is 12.1 Å². The molecule has 188 valence electrons. The van der Waals surface area contributed by atoms with Crippen molar-refractivity contribution < 1.29 is 22.7 Å². The Hall–Kier alpha value is -3.37. The summed E-state index contributed by atoms with van der Waals surface area (Å²) in [6.45, 7) is -0.662. The first-order chi connectivity index (χ1) is 17.3. The lowest BCUT2D eigenvalue weighted by atomic mass is 10.0.